The smallest absolute Gasteiger partial charge is 0.414 e. The zero-order valence-electron chi connectivity index (χ0n) is 17.6. The number of carbonyl (C=O) groups is 2. The second-order valence-electron chi connectivity index (χ2n) is 7.70. The minimum absolute atomic E-state index is 0.250. The molecule has 0 aliphatic carbocycles. The summed E-state index contributed by atoms with van der Waals surface area (Å²) in [6, 6.07) is 10.00. The molecule has 3 heterocycles. The molecule has 32 heavy (non-hydrogen) atoms. The molecule has 1 aromatic carbocycles. The molecule has 0 saturated carbocycles. The summed E-state index contributed by atoms with van der Waals surface area (Å²) in [5.41, 5.74) is 3.78. The molecule has 2 fully saturated rings. The molecule has 2 saturated heterocycles. The highest BCUT2D eigenvalue weighted by molar-refractivity contribution is 5.90. The number of nitriles is 1. The van der Waals surface area contributed by atoms with Crippen molar-refractivity contribution in [3.63, 3.8) is 0 Å². The molecule has 10 nitrogen and oxygen atoms in total. The van der Waals surface area contributed by atoms with Gasteiger partial charge in [-0.25, -0.2) is 9.48 Å². The average molecular weight is 436 g/mol. The highest BCUT2D eigenvalue weighted by atomic mass is 16.6. The molecule has 4 rings (SSSR count). The number of anilines is 2. The standard InChI is InChI=1S/C22H24N6O4/c23-9-5-17-6-10-26(11-7-17)19-1-3-20(4-2-19)28-15-21(32-22(28)30)14-27-13-18(24-25-27)8-12-31-16-29/h1-5,13,16,21H,6-8,10-12,14-15H2/t21-/m0/s1. The number of hydrogen-bond acceptors (Lipinski definition) is 8. The number of amides is 1. The van der Waals surface area contributed by atoms with E-state index in [9.17, 15) is 9.59 Å². The first kappa shape index (κ1) is 21.4. The van der Waals surface area contributed by atoms with Crippen LogP contribution in [0.1, 0.15) is 18.5 Å². The van der Waals surface area contributed by atoms with Crippen LogP contribution in [0.4, 0.5) is 16.2 Å². The van der Waals surface area contributed by atoms with E-state index < -0.39 is 0 Å². The van der Waals surface area contributed by atoms with Gasteiger partial charge in [-0.3, -0.25) is 9.69 Å². The van der Waals surface area contributed by atoms with Gasteiger partial charge in [0.25, 0.3) is 6.47 Å². The van der Waals surface area contributed by atoms with Crippen molar-refractivity contribution in [1.82, 2.24) is 15.0 Å². The Bertz CT molecular complexity index is 1020. The predicted molar refractivity (Wildman–Crippen MR) is 115 cm³/mol. The highest BCUT2D eigenvalue weighted by Gasteiger charge is 2.33. The third kappa shape index (κ3) is 5.06. The van der Waals surface area contributed by atoms with Gasteiger partial charge in [0.15, 0.2) is 0 Å². The molecule has 1 atom stereocenters. The van der Waals surface area contributed by atoms with Crippen LogP contribution in [0.25, 0.3) is 0 Å². The molecular formula is C22H24N6O4. The molecule has 0 radical (unpaired) electrons. The second-order valence-corrected chi connectivity index (χ2v) is 7.70. The van der Waals surface area contributed by atoms with Crippen LogP contribution in [0.3, 0.4) is 0 Å². The van der Waals surface area contributed by atoms with Gasteiger partial charge in [-0.15, -0.1) is 5.10 Å². The molecule has 10 heteroatoms. The van der Waals surface area contributed by atoms with E-state index in [-0.39, 0.29) is 18.8 Å². The number of aromatic nitrogens is 3. The van der Waals surface area contributed by atoms with Crippen LogP contribution in [-0.2, 0) is 27.2 Å². The zero-order valence-corrected chi connectivity index (χ0v) is 17.6. The monoisotopic (exact) mass is 436 g/mol. The number of allylic oxidation sites excluding steroid dienone is 1. The van der Waals surface area contributed by atoms with Crippen molar-refractivity contribution >= 4 is 23.9 Å². The summed E-state index contributed by atoms with van der Waals surface area (Å²) in [6.07, 6.45) is 4.96. The maximum atomic E-state index is 12.4. The summed E-state index contributed by atoms with van der Waals surface area (Å²) in [5.74, 6) is 0. The van der Waals surface area contributed by atoms with Gasteiger partial charge in [-0.1, -0.05) is 10.8 Å². The molecule has 0 spiro atoms. The summed E-state index contributed by atoms with van der Waals surface area (Å²) in [7, 11) is 0. The molecule has 1 aromatic heterocycles. The third-order valence-electron chi connectivity index (χ3n) is 5.60. The lowest BCUT2D eigenvalue weighted by Gasteiger charge is -2.30. The van der Waals surface area contributed by atoms with Crippen LogP contribution in [0.15, 0.2) is 42.1 Å². The molecule has 0 bridgehead atoms. The van der Waals surface area contributed by atoms with E-state index in [4.69, 9.17) is 10.00 Å². The zero-order chi connectivity index (χ0) is 22.3. The SMILES string of the molecule is N#CC=C1CCN(c2ccc(N3C[C@H](Cn4cc(CCOC=O)nn4)OC3=O)cc2)CC1. The first-order valence-corrected chi connectivity index (χ1v) is 10.5. The van der Waals surface area contributed by atoms with Crippen molar-refractivity contribution in [2.24, 2.45) is 0 Å². The minimum atomic E-state index is -0.383. The van der Waals surface area contributed by atoms with Crippen LogP contribution in [0.2, 0.25) is 0 Å². The summed E-state index contributed by atoms with van der Waals surface area (Å²) in [5, 5.41) is 16.9. The fourth-order valence-electron chi connectivity index (χ4n) is 3.92. The normalized spacial score (nSPS) is 18.3. The van der Waals surface area contributed by atoms with Crippen LogP contribution in [0.5, 0.6) is 0 Å². The van der Waals surface area contributed by atoms with Gasteiger partial charge in [0.1, 0.15) is 6.10 Å². The number of nitrogens with zero attached hydrogens (tertiary/aromatic N) is 6. The number of carbonyl (C=O) groups excluding carboxylic acids is 2. The topological polar surface area (TPSA) is 114 Å². The lowest BCUT2D eigenvalue weighted by atomic mass is 10.0. The van der Waals surface area contributed by atoms with E-state index in [1.807, 2.05) is 24.3 Å². The summed E-state index contributed by atoms with van der Waals surface area (Å²) >= 11 is 0. The molecule has 2 aliphatic heterocycles. The fourth-order valence-corrected chi connectivity index (χ4v) is 3.92. The van der Waals surface area contributed by atoms with Crippen molar-refractivity contribution in [3.8, 4) is 6.07 Å². The van der Waals surface area contributed by atoms with Crippen molar-refractivity contribution in [3.05, 3.63) is 47.8 Å². The Labute approximate surface area is 185 Å². The van der Waals surface area contributed by atoms with Gasteiger partial charge in [-0.2, -0.15) is 5.26 Å². The molecule has 166 valence electrons. The van der Waals surface area contributed by atoms with Gasteiger partial charge in [0.2, 0.25) is 0 Å². The van der Waals surface area contributed by atoms with Crippen molar-refractivity contribution in [2.45, 2.75) is 31.9 Å². The van der Waals surface area contributed by atoms with Gasteiger partial charge < -0.3 is 14.4 Å². The Balaban J connectivity index is 1.32. The largest absolute Gasteiger partial charge is 0.467 e. The number of benzene rings is 1. The number of rotatable bonds is 8. The van der Waals surface area contributed by atoms with E-state index in [0.29, 0.717) is 31.7 Å². The number of cyclic esters (lactones) is 1. The molecule has 1 amide bonds. The Kier molecular flexibility index (Phi) is 6.65. The van der Waals surface area contributed by atoms with Gasteiger partial charge in [0, 0.05) is 43.2 Å². The molecule has 2 aromatic rings. The summed E-state index contributed by atoms with van der Waals surface area (Å²) in [6.45, 7) is 3.23. The van der Waals surface area contributed by atoms with E-state index in [0.717, 1.165) is 37.3 Å². The van der Waals surface area contributed by atoms with Crippen molar-refractivity contribution in [1.29, 1.82) is 5.26 Å². The molecular weight excluding hydrogens is 412 g/mol. The number of ether oxygens (including phenoxy) is 2. The van der Waals surface area contributed by atoms with E-state index in [1.165, 1.54) is 5.57 Å². The van der Waals surface area contributed by atoms with Gasteiger partial charge >= 0.3 is 6.09 Å². The number of hydrogen-bond donors (Lipinski definition) is 0. The molecule has 2 aliphatic rings. The maximum Gasteiger partial charge on any atom is 0.414 e. The predicted octanol–water partition coefficient (Wildman–Crippen LogP) is 2.07. The highest BCUT2D eigenvalue weighted by Crippen LogP contribution is 2.27. The first-order chi connectivity index (χ1) is 15.7. The van der Waals surface area contributed by atoms with Gasteiger partial charge in [-0.05, 0) is 37.1 Å². The fraction of sp³-hybridized carbons (Fsp3) is 0.409. The lowest BCUT2D eigenvalue weighted by molar-refractivity contribution is -0.128. The Morgan fingerprint density at radius 2 is 1.97 bits per heavy atom. The van der Waals surface area contributed by atoms with Crippen LogP contribution < -0.4 is 9.80 Å². The number of piperidine rings is 1. The quantitative estimate of drug-likeness (QED) is 0.351. The Hall–Kier alpha value is -3.87. The van der Waals surface area contributed by atoms with E-state index >= 15 is 0 Å². The van der Waals surface area contributed by atoms with Gasteiger partial charge in [0.05, 0.1) is 31.5 Å². The molecule has 0 unspecified atom stereocenters. The van der Waals surface area contributed by atoms with Crippen LogP contribution in [-0.4, -0.2) is 59.9 Å². The van der Waals surface area contributed by atoms with Crippen molar-refractivity contribution < 1.29 is 19.1 Å². The van der Waals surface area contributed by atoms with Crippen LogP contribution in [0, 0.1) is 11.3 Å². The van der Waals surface area contributed by atoms with Crippen LogP contribution >= 0.6 is 0 Å². The molecule has 0 N–H and O–H groups in total. The Morgan fingerprint density at radius 1 is 1.22 bits per heavy atom. The minimum Gasteiger partial charge on any atom is -0.467 e. The van der Waals surface area contributed by atoms with E-state index in [1.54, 1.807) is 21.9 Å². The summed E-state index contributed by atoms with van der Waals surface area (Å²) < 4.78 is 11.8. The lowest BCUT2D eigenvalue weighted by Crippen LogP contribution is -2.30. The van der Waals surface area contributed by atoms with Crippen molar-refractivity contribution in [2.75, 3.05) is 36.0 Å². The second kappa shape index (κ2) is 9.96. The third-order valence-corrected chi connectivity index (χ3v) is 5.60. The first-order valence-electron chi connectivity index (χ1n) is 10.5. The summed E-state index contributed by atoms with van der Waals surface area (Å²) in [4.78, 5) is 26.5. The maximum absolute atomic E-state index is 12.4. The Morgan fingerprint density at radius 3 is 2.69 bits per heavy atom. The average Bonchev–Trinajstić information content (AvgIpc) is 3.41. The van der Waals surface area contributed by atoms with E-state index in [2.05, 4.69) is 26.0 Å².